The normalized spacial score (nSPS) is 33.0. The molecule has 0 aromatic carbocycles. The Morgan fingerprint density at radius 3 is 2.28 bits per heavy atom. The Hall–Kier alpha value is -1.03. The number of phosphoric acid groups is 3. The first-order valence-corrected chi connectivity index (χ1v) is 13.0. The fourth-order valence-electron chi connectivity index (χ4n) is 3.45. The van der Waals surface area contributed by atoms with Crippen LogP contribution in [0.25, 0.3) is 0 Å². The van der Waals surface area contributed by atoms with Crippen molar-refractivity contribution in [3.63, 3.8) is 0 Å². The summed E-state index contributed by atoms with van der Waals surface area (Å²) in [6.45, 7) is 1.83. The Balaban J connectivity index is 1.83. The molecule has 6 N–H and O–H groups in total. The van der Waals surface area contributed by atoms with E-state index in [4.69, 9.17) is 19.3 Å². The number of H-pyrrole nitrogens is 1. The van der Waals surface area contributed by atoms with Gasteiger partial charge in [-0.2, -0.15) is 8.62 Å². The van der Waals surface area contributed by atoms with E-state index in [0.29, 0.717) is 0 Å². The molecule has 0 saturated carbocycles. The highest BCUT2D eigenvalue weighted by Gasteiger charge is 2.71. The number of aromatic amines is 1. The molecule has 1 aromatic heterocycles. The summed E-state index contributed by atoms with van der Waals surface area (Å²) >= 11 is 0. The Morgan fingerprint density at radius 2 is 1.72 bits per heavy atom. The zero-order valence-corrected chi connectivity index (χ0v) is 18.9. The van der Waals surface area contributed by atoms with E-state index in [0.717, 1.165) is 16.8 Å². The van der Waals surface area contributed by atoms with Gasteiger partial charge in [0.25, 0.3) is 5.56 Å². The van der Waals surface area contributed by atoms with Gasteiger partial charge in [0, 0.05) is 12.3 Å². The second kappa shape index (κ2) is 8.03. The van der Waals surface area contributed by atoms with Crippen LogP contribution in [0, 0.1) is 0 Å². The molecule has 17 nitrogen and oxygen atoms in total. The first-order chi connectivity index (χ1) is 14.4. The molecule has 2 bridgehead atoms. The summed E-state index contributed by atoms with van der Waals surface area (Å²) in [4.78, 5) is 61.4. The minimum absolute atomic E-state index is 0.696. The Morgan fingerprint density at radius 1 is 1.09 bits per heavy atom. The minimum atomic E-state index is -5.75. The molecule has 2 aliphatic heterocycles. The molecular weight excluding hydrogens is 505 g/mol. The zero-order valence-electron chi connectivity index (χ0n) is 16.2. The van der Waals surface area contributed by atoms with E-state index in [1.54, 1.807) is 0 Å². The third-order valence-electron chi connectivity index (χ3n) is 4.83. The molecule has 6 atom stereocenters. The van der Waals surface area contributed by atoms with Gasteiger partial charge >= 0.3 is 29.2 Å². The van der Waals surface area contributed by atoms with Gasteiger partial charge in [0.2, 0.25) is 0 Å². The molecule has 2 aliphatic rings. The van der Waals surface area contributed by atoms with Crippen LogP contribution in [0.15, 0.2) is 21.9 Å². The van der Waals surface area contributed by atoms with E-state index >= 15 is 0 Å². The predicted molar refractivity (Wildman–Crippen MR) is 99.0 cm³/mol. The van der Waals surface area contributed by atoms with Gasteiger partial charge in [0.05, 0.1) is 12.2 Å². The zero-order chi connectivity index (χ0) is 24.3. The van der Waals surface area contributed by atoms with Crippen LogP contribution in [0.1, 0.15) is 20.1 Å². The minimum Gasteiger partial charge on any atom is -0.387 e. The molecule has 0 spiro atoms. The number of aliphatic hydroxyl groups excluding tert-OH is 1. The fraction of sp³-hybridized carbons (Fsp3) is 0.667. The van der Waals surface area contributed by atoms with Crippen LogP contribution in [-0.4, -0.2) is 64.2 Å². The smallest absolute Gasteiger partial charge is 0.387 e. The molecule has 2 fully saturated rings. The van der Waals surface area contributed by atoms with E-state index in [2.05, 4.69) is 13.1 Å². The molecular formula is C12H19N2O15P3. The van der Waals surface area contributed by atoms with Crippen LogP contribution in [0.2, 0.25) is 0 Å². The molecule has 1 aromatic rings. The molecule has 0 aliphatic carbocycles. The number of phosphoric ester groups is 1. The maximum atomic E-state index is 12.1. The largest absolute Gasteiger partial charge is 0.490 e. The third-order valence-corrected chi connectivity index (χ3v) is 8.62. The molecule has 20 heteroatoms. The maximum Gasteiger partial charge on any atom is 0.490 e. The summed E-state index contributed by atoms with van der Waals surface area (Å²) in [5.74, 6) is 0. The standard InChI is InChI=1S/C12H19N2O15P3/c1-11(2)12(5-25-31(21,22)29-32(23,24)28-30(18,19)20)8(16)7(26-11)9(27-12)14-4-3-6(15)13-10(14)17/h3-4,7-9,16H,5H2,1-2H3,(H,21,22)(H,23,24)(H,13,15,17)(H2,18,19,20)/t7-,8+,9-,12-/m1/s1. The summed E-state index contributed by atoms with van der Waals surface area (Å²) in [6.07, 6.45) is -2.98. The highest BCUT2D eigenvalue weighted by molar-refractivity contribution is 7.66. The van der Waals surface area contributed by atoms with Gasteiger partial charge in [-0.3, -0.25) is 18.9 Å². The molecule has 3 rings (SSSR count). The summed E-state index contributed by atoms with van der Waals surface area (Å²) in [7, 11) is -16.9. The van der Waals surface area contributed by atoms with Gasteiger partial charge in [-0.15, -0.1) is 0 Å². The van der Waals surface area contributed by atoms with E-state index in [9.17, 15) is 38.2 Å². The van der Waals surface area contributed by atoms with Crippen molar-refractivity contribution in [2.75, 3.05) is 6.61 Å². The third kappa shape index (κ3) is 4.91. The summed E-state index contributed by atoms with van der Waals surface area (Å²) in [5.41, 5.74) is -4.92. The van der Waals surface area contributed by atoms with Crippen molar-refractivity contribution in [3.8, 4) is 0 Å². The first-order valence-electron chi connectivity index (χ1n) is 8.52. The summed E-state index contributed by atoms with van der Waals surface area (Å²) < 4.78 is 58.5. The first kappa shape index (κ1) is 25.6. The number of hydrogen-bond acceptors (Lipinski definition) is 11. The lowest BCUT2D eigenvalue weighted by atomic mass is 9.84. The second-order valence-electron chi connectivity index (χ2n) is 7.32. The number of nitrogens with one attached hydrogen (secondary N) is 1. The topological polar surface area (TPSA) is 253 Å². The van der Waals surface area contributed by atoms with Crippen molar-refractivity contribution in [1.82, 2.24) is 9.55 Å². The van der Waals surface area contributed by atoms with E-state index in [-0.39, 0.29) is 0 Å². The van der Waals surface area contributed by atoms with Crippen molar-refractivity contribution in [2.24, 2.45) is 0 Å². The summed E-state index contributed by atoms with van der Waals surface area (Å²) in [5, 5.41) is 10.7. The van der Waals surface area contributed by atoms with Crippen molar-refractivity contribution in [2.45, 2.75) is 43.5 Å². The molecule has 0 amide bonds. The number of aliphatic hydroxyl groups is 1. The van der Waals surface area contributed by atoms with Crippen LogP contribution in [-0.2, 0) is 36.3 Å². The summed E-state index contributed by atoms with van der Waals surface area (Å²) in [6, 6.07) is 1.01. The van der Waals surface area contributed by atoms with Gasteiger partial charge in [0.15, 0.2) is 11.8 Å². The highest BCUT2D eigenvalue weighted by atomic mass is 31.3. The quantitative estimate of drug-likeness (QED) is 0.216. The van der Waals surface area contributed by atoms with Crippen molar-refractivity contribution in [3.05, 3.63) is 33.1 Å². The molecule has 0 radical (unpaired) electrons. The van der Waals surface area contributed by atoms with Gasteiger partial charge in [-0.05, 0) is 13.8 Å². The van der Waals surface area contributed by atoms with Gasteiger partial charge in [0.1, 0.15) is 12.2 Å². The lowest BCUT2D eigenvalue weighted by Crippen LogP contribution is -2.57. The average molecular weight is 524 g/mol. The van der Waals surface area contributed by atoms with Gasteiger partial charge in [-0.1, -0.05) is 0 Å². The van der Waals surface area contributed by atoms with Crippen molar-refractivity contribution >= 4 is 23.5 Å². The maximum absolute atomic E-state index is 12.1. The fourth-order valence-corrected chi connectivity index (χ4v) is 6.50. The van der Waals surface area contributed by atoms with Crippen LogP contribution in [0.5, 0.6) is 0 Å². The van der Waals surface area contributed by atoms with Crippen LogP contribution in [0.4, 0.5) is 0 Å². The average Bonchev–Trinajstić information content (AvgIpc) is 2.93. The monoisotopic (exact) mass is 524 g/mol. The number of fused-ring (bicyclic) bond motifs is 2. The van der Waals surface area contributed by atoms with E-state index in [1.807, 2.05) is 4.98 Å². The van der Waals surface area contributed by atoms with Crippen LogP contribution < -0.4 is 11.2 Å². The van der Waals surface area contributed by atoms with Crippen molar-refractivity contribution in [1.29, 1.82) is 0 Å². The number of hydrogen-bond donors (Lipinski definition) is 6. The Kier molecular flexibility index (Phi) is 6.42. The second-order valence-corrected chi connectivity index (χ2v) is 11.7. The highest BCUT2D eigenvalue weighted by Crippen LogP contribution is 2.67. The van der Waals surface area contributed by atoms with Gasteiger partial charge < -0.3 is 34.2 Å². The number of aromatic nitrogens is 2. The van der Waals surface area contributed by atoms with Crippen molar-refractivity contribution < 1.29 is 61.0 Å². The Bertz CT molecular complexity index is 1150. The van der Waals surface area contributed by atoms with E-state index in [1.165, 1.54) is 13.8 Å². The molecule has 2 saturated heterocycles. The van der Waals surface area contributed by atoms with E-state index < -0.39 is 71.0 Å². The van der Waals surface area contributed by atoms with Gasteiger partial charge in [-0.25, -0.2) is 18.5 Å². The molecule has 182 valence electrons. The van der Waals surface area contributed by atoms with Crippen LogP contribution >= 0.6 is 23.5 Å². The lowest BCUT2D eigenvalue weighted by molar-refractivity contribution is -0.257. The van der Waals surface area contributed by atoms with Crippen LogP contribution in [0.3, 0.4) is 0 Å². The SMILES string of the molecule is CC1(C)O[C@H]2[C@H](n3ccc(=O)[nH]c3=O)O[C@]1(COP(=O)(O)OP(=O)(O)OP(=O)(O)O)[C@H]2O. The number of rotatable bonds is 8. The molecule has 32 heavy (non-hydrogen) atoms. The Labute approximate surface area is 177 Å². The lowest BCUT2D eigenvalue weighted by Gasteiger charge is -2.42. The number of nitrogens with zero attached hydrogens (tertiary/aromatic N) is 1. The molecule has 2 unspecified atom stereocenters. The molecule has 3 heterocycles. The predicted octanol–water partition coefficient (Wildman–Crippen LogP) is -1.31. The number of ether oxygens (including phenoxy) is 2.